The van der Waals surface area contributed by atoms with E-state index in [1.807, 2.05) is 0 Å². The molecule has 4 heteroatoms. The van der Waals surface area contributed by atoms with Gasteiger partial charge in [-0.1, -0.05) is 0 Å². The first kappa shape index (κ1) is 10.4. The Kier molecular flexibility index (Phi) is 2.72. The fourth-order valence-electron chi connectivity index (χ4n) is 1.43. The molecule has 0 saturated carbocycles. The molecule has 0 aliphatic carbocycles. The van der Waals surface area contributed by atoms with E-state index in [9.17, 15) is 9.18 Å². The number of aromatic amines is 1. The maximum absolute atomic E-state index is 12.7. The molecule has 0 amide bonds. The van der Waals surface area contributed by atoms with Crippen LogP contribution in [0.1, 0.15) is 10.4 Å². The highest BCUT2D eigenvalue weighted by Gasteiger charge is 2.08. The molecule has 0 aliphatic rings. The second-order valence-corrected chi connectivity index (χ2v) is 3.30. The van der Waals surface area contributed by atoms with E-state index in [2.05, 4.69) is 9.72 Å². The zero-order valence-corrected chi connectivity index (χ0v) is 8.66. The summed E-state index contributed by atoms with van der Waals surface area (Å²) in [6, 6.07) is 7.69. The number of ether oxygens (including phenoxy) is 1. The Morgan fingerprint density at radius 3 is 2.62 bits per heavy atom. The van der Waals surface area contributed by atoms with E-state index in [0.29, 0.717) is 5.56 Å². The quantitative estimate of drug-likeness (QED) is 0.789. The third-order valence-electron chi connectivity index (χ3n) is 2.26. The van der Waals surface area contributed by atoms with Gasteiger partial charge >= 0.3 is 5.97 Å². The van der Waals surface area contributed by atoms with Gasteiger partial charge in [0.25, 0.3) is 0 Å². The minimum atomic E-state index is -0.399. The van der Waals surface area contributed by atoms with E-state index in [1.54, 1.807) is 24.4 Å². The van der Waals surface area contributed by atoms with E-state index in [4.69, 9.17) is 0 Å². The van der Waals surface area contributed by atoms with Crippen LogP contribution in [0.5, 0.6) is 0 Å². The molecule has 0 atom stereocenters. The topological polar surface area (TPSA) is 42.1 Å². The molecule has 0 radical (unpaired) electrons. The molecule has 1 aromatic heterocycles. The zero-order chi connectivity index (χ0) is 11.5. The minimum Gasteiger partial charge on any atom is -0.465 e. The van der Waals surface area contributed by atoms with Crippen LogP contribution in [0.15, 0.2) is 36.5 Å². The molecule has 0 spiro atoms. The Morgan fingerprint density at radius 2 is 2.00 bits per heavy atom. The van der Waals surface area contributed by atoms with Gasteiger partial charge in [-0.3, -0.25) is 0 Å². The van der Waals surface area contributed by atoms with Crippen molar-refractivity contribution in [1.29, 1.82) is 0 Å². The lowest BCUT2D eigenvalue weighted by Gasteiger charge is -1.96. The lowest BCUT2D eigenvalue weighted by Crippen LogP contribution is -1.98. The molecule has 16 heavy (non-hydrogen) atoms. The number of carbonyl (C=O) groups excluding carboxylic acids is 1. The van der Waals surface area contributed by atoms with Gasteiger partial charge in [0.1, 0.15) is 5.82 Å². The number of halogens is 1. The third kappa shape index (κ3) is 1.95. The van der Waals surface area contributed by atoms with E-state index < -0.39 is 5.97 Å². The number of methoxy groups -OCH3 is 1. The molecule has 2 aromatic rings. The van der Waals surface area contributed by atoms with Crippen molar-refractivity contribution in [3.05, 3.63) is 47.9 Å². The number of hydrogen-bond donors (Lipinski definition) is 1. The van der Waals surface area contributed by atoms with Crippen molar-refractivity contribution in [3.8, 4) is 11.3 Å². The van der Waals surface area contributed by atoms with Gasteiger partial charge in [-0.2, -0.15) is 0 Å². The molecule has 82 valence electrons. The first-order valence-electron chi connectivity index (χ1n) is 4.73. The summed E-state index contributed by atoms with van der Waals surface area (Å²) in [5.74, 6) is -0.687. The van der Waals surface area contributed by atoms with Crippen molar-refractivity contribution in [2.75, 3.05) is 7.11 Å². The largest absolute Gasteiger partial charge is 0.465 e. The maximum atomic E-state index is 12.7. The summed E-state index contributed by atoms with van der Waals surface area (Å²) in [5.41, 5.74) is 2.01. The first-order chi connectivity index (χ1) is 7.70. The summed E-state index contributed by atoms with van der Waals surface area (Å²) >= 11 is 0. The van der Waals surface area contributed by atoms with Gasteiger partial charge < -0.3 is 9.72 Å². The Morgan fingerprint density at radius 1 is 1.31 bits per heavy atom. The van der Waals surface area contributed by atoms with Gasteiger partial charge in [0.2, 0.25) is 0 Å². The number of H-pyrrole nitrogens is 1. The Balaban J connectivity index is 2.31. The minimum absolute atomic E-state index is 0.288. The summed E-state index contributed by atoms with van der Waals surface area (Å²) in [6.07, 6.45) is 1.56. The predicted molar refractivity (Wildman–Crippen MR) is 57.5 cm³/mol. The van der Waals surface area contributed by atoms with Gasteiger partial charge in [0.05, 0.1) is 12.7 Å². The van der Waals surface area contributed by atoms with Gasteiger partial charge in [0.15, 0.2) is 0 Å². The van der Waals surface area contributed by atoms with Crippen LogP contribution in [0.3, 0.4) is 0 Å². The molecule has 1 heterocycles. The first-order valence-corrected chi connectivity index (χ1v) is 4.73. The van der Waals surface area contributed by atoms with Crippen LogP contribution < -0.4 is 0 Å². The molecule has 2 rings (SSSR count). The fourth-order valence-corrected chi connectivity index (χ4v) is 1.43. The lowest BCUT2D eigenvalue weighted by atomic mass is 10.1. The Labute approximate surface area is 91.9 Å². The van der Waals surface area contributed by atoms with Gasteiger partial charge in [-0.15, -0.1) is 0 Å². The van der Waals surface area contributed by atoms with Crippen LogP contribution in [0.4, 0.5) is 4.39 Å². The van der Waals surface area contributed by atoms with Crippen molar-refractivity contribution in [1.82, 2.24) is 4.98 Å². The smallest absolute Gasteiger partial charge is 0.339 e. The fraction of sp³-hybridized carbons (Fsp3) is 0.0833. The SMILES string of the molecule is COC(=O)c1c[nH]c(-c2ccc(F)cc2)c1. The van der Waals surface area contributed by atoms with Crippen molar-refractivity contribution in [2.45, 2.75) is 0 Å². The number of benzene rings is 1. The van der Waals surface area contributed by atoms with Crippen LogP contribution in [-0.4, -0.2) is 18.1 Å². The van der Waals surface area contributed by atoms with Gasteiger partial charge in [0, 0.05) is 11.9 Å². The number of hydrogen-bond acceptors (Lipinski definition) is 2. The van der Waals surface area contributed by atoms with E-state index in [1.165, 1.54) is 19.2 Å². The van der Waals surface area contributed by atoms with Crippen LogP contribution in [0, 0.1) is 5.82 Å². The normalized spacial score (nSPS) is 10.1. The molecule has 1 aromatic carbocycles. The number of rotatable bonds is 2. The van der Waals surface area contributed by atoms with Crippen LogP contribution >= 0.6 is 0 Å². The summed E-state index contributed by atoms with van der Waals surface area (Å²) < 4.78 is 17.3. The number of nitrogens with one attached hydrogen (secondary N) is 1. The molecule has 1 N–H and O–H groups in total. The standard InChI is InChI=1S/C12H10FNO2/c1-16-12(15)9-6-11(14-7-9)8-2-4-10(13)5-3-8/h2-7,14H,1H3. The predicted octanol–water partition coefficient (Wildman–Crippen LogP) is 2.61. The van der Waals surface area contributed by atoms with Crippen molar-refractivity contribution in [3.63, 3.8) is 0 Å². The maximum Gasteiger partial charge on any atom is 0.339 e. The van der Waals surface area contributed by atoms with Crippen molar-refractivity contribution < 1.29 is 13.9 Å². The Hall–Kier alpha value is -2.10. The monoisotopic (exact) mass is 219 g/mol. The molecule has 0 bridgehead atoms. The molecule has 0 saturated heterocycles. The second kappa shape index (κ2) is 4.18. The molecular formula is C12H10FNO2. The average Bonchev–Trinajstić information content (AvgIpc) is 2.78. The second-order valence-electron chi connectivity index (χ2n) is 3.30. The van der Waals surface area contributed by atoms with E-state index >= 15 is 0 Å². The lowest BCUT2D eigenvalue weighted by molar-refractivity contribution is 0.0601. The van der Waals surface area contributed by atoms with Gasteiger partial charge in [-0.05, 0) is 35.9 Å². The third-order valence-corrected chi connectivity index (χ3v) is 2.26. The number of carbonyl (C=O) groups is 1. The zero-order valence-electron chi connectivity index (χ0n) is 8.66. The molecular weight excluding hydrogens is 209 g/mol. The van der Waals surface area contributed by atoms with Crippen LogP contribution in [0.25, 0.3) is 11.3 Å². The van der Waals surface area contributed by atoms with Crippen molar-refractivity contribution in [2.24, 2.45) is 0 Å². The molecule has 0 unspecified atom stereocenters. The highest BCUT2D eigenvalue weighted by Crippen LogP contribution is 2.19. The highest BCUT2D eigenvalue weighted by molar-refractivity contribution is 5.90. The summed E-state index contributed by atoms with van der Waals surface area (Å²) in [5, 5.41) is 0. The molecule has 3 nitrogen and oxygen atoms in total. The summed E-state index contributed by atoms with van der Waals surface area (Å²) in [6.45, 7) is 0. The average molecular weight is 219 g/mol. The molecule has 0 aliphatic heterocycles. The van der Waals surface area contributed by atoms with Crippen molar-refractivity contribution >= 4 is 5.97 Å². The van der Waals surface area contributed by atoms with Crippen LogP contribution in [-0.2, 0) is 4.74 Å². The highest BCUT2D eigenvalue weighted by atomic mass is 19.1. The number of aromatic nitrogens is 1. The summed E-state index contributed by atoms with van der Waals surface area (Å²) in [7, 11) is 1.33. The van der Waals surface area contributed by atoms with Crippen LogP contribution in [0.2, 0.25) is 0 Å². The molecule has 0 fully saturated rings. The number of esters is 1. The Bertz CT molecular complexity index is 502. The van der Waals surface area contributed by atoms with E-state index in [-0.39, 0.29) is 5.82 Å². The van der Waals surface area contributed by atoms with E-state index in [0.717, 1.165) is 11.3 Å². The summed E-state index contributed by atoms with van der Waals surface area (Å²) in [4.78, 5) is 14.1. The van der Waals surface area contributed by atoms with Gasteiger partial charge in [-0.25, -0.2) is 9.18 Å².